The highest BCUT2D eigenvalue weighted by molar-refractivity contribution is 5.82. The first-order valence-corrected chi connectivity index (χ1v) is 13.2. The van der Waals surface area contributed by atoms with Gasteiger partial charge in [-0.1, -0.05) is 44.9 Å². The van der Waals surface area contributed by atoms with Crippen LogP contribution in [-0.2, 0) is 4.79 Å². The van der Waals surface area contributed by atoms with Crippen molar-refractivity contribution in [2.75, 3.05) is 0 Å². The van der Waals surface area contributed by atoms with Crippen LogP contribution in [-0.4, -0.2) is 35.4 Å². The van der Waals surface area contributed by atoms with Crippen LogP contribution in [0.15, 0.2) is 5.10 Å². The monoisotopic (exact) mass is 430 g/mol. The molecule has 0 aromatic carbocycles. The molecule has 1 saturated heterocycles. The number of hydrogen-bond acceptors (Lipinski definition) is 5. The number of hydrazine groups is 1. The number of fused-ring (bicyclic) bond motifs is 2. The molecule has 174 valence electrons. The number of nitrogens with one attached hydrogen (secondary N) is 3. The summed E-state index contributed by atoms with van der Waals surface area (Å²) in [4.78, 5) is 12.7. The molecule has 31 heavy (non-hydrogen) atoms. The summed E-state index contributed by atoms with van der Waals surface area (Å²) >= 11 is 0. The number of nitrogens with zero attached hydrogens (tertiary/aromatic N) is 1. The van der Waals surface area contributed by atoms with E-state index in [0.29, 0.717) is 17.9 Å². The molecule has 0 aromatic rings. The van der Waals surface area contributed by atoms with Crippen LogP contribution in [0, 0.1) is 35.5 Å². The topological polar surface area (TPSA) is 85.8 Å². The van der Waals surface area contributed by atoms with Crippen LogP contribution in [0.25, 0.3) is 0 Å². The zero-order valence-electron chi connectivity index (χ0n) is 19.0. The Morgan fingerprint density at radius 1 is 0.806 bits per heavy atom. The predicted octanol–water partition coefficient (Wildman–Crippen LogP) is 3.51. The molecule has 0 bridgehead atoms. The van der Waals surface area contributed by atoms with Crippen molar-refractivity contribution in [3.8, 4) is 0 Å². The minimum atomic E-state index is -0.314. The summed E-state index contributed by atoms with van der Waals surface area (Å²) in [6.07, 6.45) is 19.1. The number of amides is 1. The molecule has 6 heteroatoms. The molecule has 5 rings (SSSR count). The maximum atomic E-state index is 12.7. The minimum absolute atomic E-state index is 0.0527. The van der Waals surface area contributed by atoms with Crippen molar-refractivity contribution < 1.29 is 9.90 Å². The highest BCUT2D eigenvalue weighted by Crippen LogP contribution is 2.45. The summed E-state index contributed by atoms with van der Waals surface area (Å²) in [5.74, 6) is 3.86. The van der Waals surface area contributed by atoms with E-state index in [1.165, 1.54) is 70.6 Å². The van der Waals surface area contributed by atoms with E-state index in [9.17, 15) is 9.90 Å². The summed E-state index contributed by atoms with van der Waals surface area (Å²) in [5, 5.41) is 14.8. The van der Waals surface area contributed by atoms with Crippen molar-refractivity contribution in [3.63, 3.8) is 0 Å². The quantitative estimate of drug-likeness (QED) is 0.406. The van der Waals surface area contributed by atoms with Gasteiger partial charge in [-0.15, -0.1) is 0 Å². The molecule has 1 amide bonds. The van der Waals surface area contributed by atoms with Crippen LogP contribution >= 0.6 is 0 Å². The molecule has 0 aromatic heterocycles. The molecule has 0 radical (unpaired) electrons. The highest BCUT2D eigenvalue weighted by atomic mass is 16.3. The van der Waals surface area contributed by atoms with Gasteiger partial charge in [-0.25, -0.2) is 10.9 Å². The number of aliphatic hydroxyl groups excluding tert-OH is 1. The summed E-state index contributed by atoms with van der Waals surface area (Å²) in [6.45, 7) is 0. The van der Waals surface area contributed by atoms with Crippen molar-refractivity contribution >= 4 is 12.1 Å². The van der Waals surface area contributed by atoms with E-state index in [4.69, 9.17) is 0 Å². The molecule has 1 aliphatic heterocycles. The van der Waals surface area contributed by atoms with Crippen LogP contribution in [0.3, 0.4) is 0 Å². The maximum Gasteiger partial charge on any atom is 0.258 e. The standard InChI is InChI=1S/C25H42N4O2/c30-24-12-11-17-6-3-4-8-20(17)21(24)15-26-29-25(31)23-14-22(27-28-23)19-10-9-16-5-1-2-7-18(16)13-19/h15-24,27-28,30H,1-14H2,(H,29,31). The van der Waals surface area contributed by atoms with Crippen molar-refractivity contribution in [3.05, 3.63) is 0 Å². The number of rotatable bonds is 4. The lowest BCUT2D eigenvalue weighted by atomic mass is 9.65. The Morgan fingerprint density at radius 2 is 1.52 bits per heavy atom. The summed E-state index contributed by atoms with van der Waals surface area (Å²) < 4.78 is 0. The van der Waals surface area contributed by atoms with Crippen molar-refractivity contribution in [2.45, 2.75) is 108 Å². The molecule has 5 aliphatic rings. The molecular formula is C25H42N4O2. The second-order valence-electron chi connectivity index (χ2n) is 11.2. The maximum absolute atomic E-state index is 12.7. The largest absolute Gasteiger partial charge is 0.392 e. The van der Waals surface area contributed by atoms with Gasteiger partial charge in [0.05, 0.1) is 6.10 Å². The lowest BCUT2D eigenvalue weighted by Gasteiger charge is -2.42. The molecule has 0 spiro atoms. The third-order valence-corrected chi connectivity index (χ3v) is 9.56. The summed E-state index contributed by atoms with van der Waals surface area (Å²) in [6, 6.07) is 0.177. The number of carbonyl (C=O) groups excluding carboxylic acids is 1. The number of aliphatic hydroxyl groups is 1. The molecule has 6 nitrogen and oxygen atoms in total. The van der Waals surface area contributed by atoms with Gasteiger partial charge in [0.25, 0.3) is 5.91 Å². The Hall–Kier alpha value is -0.980. The predicted molar refractivity (Wildman–Crippen MR) is 122 cm³/mol. The molecular weight excluding hydrogens is 388 g/mol. The first-order valence-electron chi connectivity index (χ1n) is 13.2. The third kappa shape index (κ3) is 4.86. The van der Waals surface area contributed by atoms with Gasteiger partial charge in [-0.05, 0) is 74.5 Å². The zero-order valence-corrected chi connectivity index (χ0v) is 19.0. The fourth-order valence-electron chi connectivity index (χ4n) is 7.78. The highest BCUT2D eigenvalue weighted by Gasteiger charge is 2.40. The normalized spacial score (nSPS) is 45.8. The van der Waals surface area contributed by atoms with Gasteiger partial charge in [0.2, 0.25) is 0 Å². The zero-order chi connectivity index (χ0) is 21.2. The third-order valence-electron chi connectivity index (χ3n) is 9.56. The lowest BCUT2D eigenvalue weighted by molar-refractivity contribution is -0.122. The van der Waals surface area contributed by atoms with Gasteiger partial charge in [0.15, 0.2) is 0 Å². The van der Waals surface area contributed by atoms with Crippen LogP contribution in [0.5, 0.6) is 0 Å². The summed E-state index contributed by atoms with van der Waals surface area (Å²) in [5.41, 5.74) is 9.44. The molecule has 4 saturated carbocycles. The molecule has 9 unspecified atom stereocenters. The van der Waals surface area contributed by atoms with Crippen molar-refractivity contribution in [2.24, 2.45) is 40.6 Å². The van der Waals surface area contributed by atoms with E-state index in [-0.39, 0.29) is 24.0 Å². The van der Waals surface area contributed by atoms with Gasteiger partial charge in [-0.2, -0.15) is 5.10 Å². The van der Waals surface area contributed by atoms with Crippen molar-refractivity contribution in [1.82, 2.24) is 16.3 Å². The fraction of sp³-hybridized carbons (Fsp3) is 0.920. The lowest BCUT2D eigenvalue weighted by Crippen LogP contribution is -2.44. The molecule has 5 fully saturated rings. The Labute approximate surface area is 187 Å². The van der Waals surface area contributed by atoms with E-state index >= 15 is 0 Å². The van der Waals surface area contributed by atoms with Crippen LogP contribution in [0.1, 0.15) is 89.9 Å². The van der Waals surface area contributed by atoms with E-state index in [2.05, 4.69) is 21.4 Å². The second-order valence-corrected chi connectivity index (χ2v) is 11.2. The average molecular weight is 431 g/mol. The Bertz CT molecular complexity index is 655. The molecule has 4 N–H and O–H groups in total. The molecule has 1 heterocycles. The Morgan fingerprint density at radius 3 is 2.39 bits per heavy atom. The van der Waals surface area contributed by atoms with Gasteiger partial charge in [0, 0.05) is 18.2 Å². The van der Waals surface area contributed by atoms with Crippen LogP contribution < -0.4 is 16.3 Å². The van der Waals surface area contributed by atoms with E-state index < -0.39 is 0 Å². The van der Waals surface area contributed by atoms with Gasteiger partial charge >= 0.3 is 0 Å². The number of carbonyl (C=O) groups is 1. The first kappa shape index (κ1) is 21.8. The van der Waals surface area contributed by atoms with E-state index in [0.717, 1.165) is 37.0 Å². The van der Waals surface area contributed by atoms with Crippen LogP contribution in [0.2, 0.25) is 0 Å². The average Bonchev–Trinajstić information content (AvgIpc) is 3.31. The van der Waals surface area contributed by atoms with E-state index in [1.54, 1.807) is 0 Å². The van der Waals surface area contributed by atoms with Gasteiger partial charge in [0.1, 0.15) is 6.04 Å². The SMILES string of the molecule is O=C(NN=CC1C(O)CCC2CCCCC21)C1CC(C2CCC3CCCCC3C2)NN1. The fourth-order valence-corrected chi connectivity index (χ4v) is 7.78. The number of hydrazone groups is 1. The molecule has 9 atom stereocenters. The van der Waals surface area contributed by atoms with Gasteiger partial charge in [-0.3, -0.25) is 10.2 Å². The van der Waals surface area contributed by atoms with Crippen LogP contribution in [0.4, 0.5) is 0 Å². The second kappa shape index (κ2) is 9.88. The molecule has 4 aliphatic carbocycles. The Balaban J connectivity index is 1.10. The summed E-state index contributed by atoms with van der Waals surface area (Å²) in [7, 11) is 0. The smallest absolute Gasteiger partial charge is 0.258 e. The first-order chi connectivity index (χ1) is 15.2. The Kier molecular flexibility index (Phi) is 6.96. The van der Waals surface area contributed by atoms with E-state index in [1.807, 2.05) is 6.21 Å². The van der Waals surface area contributed by atoms with Crippen molar-refractivity contribution in [1.29, 1.82) is 0 Å². The minimum Gasteiger partial charge on any atom is -0.392 e. The van der Waals surface area contributed by atoms with Gasteiger partial charge < -0.3 is 5.11 Å². The number of hydrogen-bond donors (Lipinski definition) is 4.